The summed E-state index contributed by atoms with van der Waals surface area (Å²) in [7, 11) is 1.80. The largest absolute Gasteiger partial charge is 0.379 e. The lowest BCUT2D eigenvalue weighted by molar-refractivity contribution is 0.0204. The third-order valence-electron chi connectivity index (χ3n) is 3.19. The van der Waals surface area contributed by atoms with Gasteiger partial charge in [-0.15, -0.1) is 0 Å². The Morgan fingerprint density at radius 3 is 2.89 bits per heavy atom. The van der Waals surface area contributed by atoms with Gasteiger partial charge in [0.05, 0.1) is 25.0 Å². The van der Waals surface area contributed by atoms with Crippen LogP contribution in [0.5, 0.6) is 0 Å². The normalized spacial score (nSPS) is 18.6. The maximum absolute atomic E-state index is 11.8. The average molecular weight is 252 g/mol. The van der Waals surface area contributed by atoms with Crippen LogP contribution in [0, 0.1) is 0 Å². The van der Waals surface area contributed by atoms with Gasteiger partial charge < -0.3 is 10.1 Å². The van der Waals surface area contributed by atoms with E-state index < -0.39 is 0 Å². The molecule has 1 aliphatic rings. The Balaban J connectivity index is 1.78. The molecule has 0 unspecified atom stereocenters. The number of ether oxygens (including phenoxy) is 1. The van der Waals surface area contributed by atoms with Gasteiger partial charge in [-0.1, -0.05) is 0 Å². The van der Waals surface area contributed by atoms with Crippen LogP contribution in [0.15, 0.2) is 12.4 Å². The summed E-state index contributed by atoms with van der Waals surface area (Å²) in [5, 5.41) is 6.92. The molecule has 1 aromatic rings. The molecule has 1 N–H and O–H groups in total. The Hall–Kier alpha value is -1.40. The molecule has 0 aromatic carbocycles. The zero-order chi connectivity index (χ0) is 13.0. The highest BCUT2D eigenvalue weighted by Gasteiger charge is 2.17. The fourth-order valence-electron chi connectivity index (χ4n) is 2.03. The first-order valence-corrected chi connectivity index (χ1v) is 6.25. The summed E-state index contributed by atoms with van der Waals surface area (Å²) >= 11 is 0. The predicted octanol–water partition coefficient (Wildman–Crippen LogP) is -0.129. The number of hydrogen-bond acceptors (Lipinski definition) is 4. The Labute approximate surface area is 107 Å². The molecule has 1 amide bonds. The van der Waals surface area contributed by atoms with Gasteiger partial charge in [-0.05, 0) is 6.92 Å². The van der Waals surface area contributed by atoms with Crippen LogP contribution in [0.1, 0.15) is 17.3 Å². The molecule has 100 valence electrons. The second-order valence-electron chi connectivity index (χ2n) is 4.61. The molecule has 1 atom stereocenters. The molecular formula is C12H20N4O2. The van der Waals surface area contributed by atoms with Gasteiger partial charge in [-0.25, -0.2) is 0 Å². The predicted molar refractivity (Wildman–Crippen MR) is 67.4 cm³/mol. The van der Waals surface area contributed by atoms with E-state index in [9.17, 15) is 4.79 Å². The number of carbonyl (C=O) groups excluding carboxylic acids is 1. The van der Waals surface area contributed by atoms with Crippen molar-refractivity contribution >= 4 is 5.91 Å². The van der Waals surface area contributed by atoms with Crippen LogP contribution in [0.2, 0.25) is 0 Å². The van der Waals surface area contributed by atoms with E-state index in [1.54, 1.807) is 24.1 Å². The van der Waals surface area contributed by atoms with E-state index in [1.807, 2.05) is 0 Å². The van der Waals surface area contributed by atoms with E-state index in [2.05, 4.69) is 22.2 Å². The monoisotopic (exact) mass is 252 g/mol. The molecule has 0 spiro atoms. The zero-order valence-electron chi connectivity index (χ0n) is 10.9. The summed E-state index contributed by atoms with van der Waals surface area (Å²) in [5.41, 5.74) is 0.603. The zero-order valence-corrected chi connectivity index (χ0v) is 10.9. The van der Waals surface area contributed by atoms with E-state index in [-0.39, 0.29) is 5.91 Å². The molecule has 0 aliphatic carbocycles. The van der Waals surface area contributed by atoms with Gasteiger partial charge in [0, 0.05) is 38.9 Å². The smallest absolute Gasteiger partial charge is 0.254 e. The molecular weight excluding hydrogens is 232 g/mol. The lowest BCUT2D eigenvalue weighted by Gasteiger charge is -2.32. The van der Waals surface area contributed by atoms with Crippen LogP contribution in [0.3, 0.4) is 0 Å². The standard InChI is InChI=1S/C12H20N4O2/c1-10(16-3-5-18-6-4-16)7-13-12(17)11-8-14-15(2)9-11/h8-10H,3-7H2,1-2H3,(H,13,17)/t10-/m0/s1. The number of aromatic nitrogens is 2. The highest BCUT2D eigenvalue weighted by molar-refractivity contribution is 5.93. The Kier molecular flexibility index (Phi) is 4.33. The van der Waals surface area contributed by atoms with E-state index in [1.165, 1.54) is 0 Å². The highest BCUT2D eigenvalue weighted by atomic mass is 16.5. The molecule has 0 saturated carbocycles. The number of nitrogens with one attached hydrogen (secondary N) is 1. The molecule has 1 fully saturated rings. The summed E-state index contributed by atoms with van der Waals surface area (Å²) in [6, 6.07) is 0.328. The van der Waals surface area contributed by atoms with Crippen molar-refractivity contribution in [3.05, 3.63) is 18.0 Å². The van der Waals surface area contributed by atoms with Crippen LogP contribution in [0.4, 0.5) is 0 Å². The molecule has 18 heavy (non-hydrogen) atoms. The number of carbonyl (C=O) groups is 1. The third-order valence-corrected chi connectivity index (χ3v) is 3.19. The fraction of sp³-hybridized carbons (Fsp3) is 0.667. The molecule has 0 bridgehead atoms. The van der Waals surface area contributed by atoms with Crippen molar-refractivity contribution < 1.29 is 9.53 Å². The van der Waals surface area contributed by atoms with E-state index >= 15 is 0 Å². The summed E-state index contributed by atoms with van der Waals surface area (Å²) in [6.07, 6.45) is 3.30. The molecule has 2 rings (SSSR count). The highest BCUT2D eigenvalue weighted by Crippen LogP contribution is 2.03. The maximum Gasteiger partial charge on any atom is 0.254 e. The number of hydrogen-bond donors (Lipinski definition) is 1. The quantitative estimate of drug-likeness (QED) is 0.811. The van der Waals surface area contributed by atoms with Gasteiger partial charge >= 0.3 is 0 Å². The first-order valence-electron chi connectivity index (χ1n) is 6.25. The van der Waals surface area contributed by atoms with Crippen LogP contribution in [-0.2, 0) is 11.8 Å². The number of rotatable bonds is 4. The van der Waals surface area contributed by atoms with E-state index in [4.69, 9.17) is 4.74 Å². The van der Waals surface area contributed by atoms with E-state index in [0.717, 1.165) is 26.3 Å². The van der Waals surface area contributed by atoms with Crippen molar-refractivity contribution in [2.75, 3.05) is 32.8 Å². The second kappa shape index (κ2) is 5.97. The minimum absolute atomic E-state index is 0.0665. The molecule has 1 saturated heterocycles. The summed E-state index contributed by atoms with van der Waals surface area (Å²) in [5.74, 6) is -0.0665. The van der Waals surface area contributed by atoms with Crippen LogP contribution in [0.25, 0.3) is 0 Å². The number of nitrogens with zero attached hydrogens (tertiary/aromatic N) is 3. The van der Waals surface area contributed by atoms with Gasteiger partial charge in [0.25, 0.3) is 5.91 Å². The van der Waals surface area contributed by atoms with Crippen LogP contribution < -0.4 is 5.32 Å². The number of morpholine rings is 1. The summed E-state index contributed by atoms with van der Waals surface area (Å²) in [4.78, 5) is 14.2. The molecule has 2 heterocycles. The van der Waals surface area contributed by atoms with Crippen LogP contribution in [-0.4, -0.2) is 59.5 Å². The number of amides is 1. The first-order chi connectivity index (χ1) is 8.66. The first kappa shape index (κ1) is 13.0. The minimum Gasteiger partial charge on any atom is -0.379 e. The van der Waals surface area contributed by atoms with Gasteiger partial charge in [0.2, 0.25) is 0 Å². The van der Waals surface area contributed by atoms with Crippen LogP contribution >= 0.6 is 0 Å². The van der Waals surface area contributed by atoms with Gasteiger partial charge in [0.1, 0.15) is 0 Å². The third kappa shape index (κ3) is 3.30. The van der Waals surface area contributed by atoms with Crippen molar-refractivity contribution in [3.8, 4) is 0 Å². The van der Waals surface area contributed by atoms with Crippen molar-refractivity contribution in [2.24, 2.45) is 7.05 Å². The Bertz CT molecular complexity index is 399. The molecule has 1 aliphatic heterocycles. The van der Waals surface area contributed by atoms with E-state index in [0.29, 0.717) is 18.2 Å². The van der Waals surface area contributed by atoms with Crippen molar-refractivity contribution in [1.29, 1.82) is 0 Å². The van der Waals surface area contributed by atoms with Crippen molar-refractivity contribution in [1.82, 2.24) is 20.0 Å². The Morgan fingerprint density at radius 2 is 2.28 bits per heavy atom. The topological polar surface area (TPSA) is 59.4 Å². The molecule has 0 radical (unpaired) electrons. The Morgan fingerprint density at radius 1 is 1.56 bits per heavy atom. The summed E-state index contributed by atoms with van der Waals surface area (Å²) in [6.45, 7) is 6.19. The lowest BCUT2D eigenvalue weighted by atomic mass is 10.2. The molecule has 1 aromatic heterocycles. The maximum atomic E-state index is 11.8. The van der Waals surface area contributed by atoms with Gasteiger partial charge in [-0.2, -0.15) is 5.10 Å². The van der Waals surface area contributed by atoms with Crippen molar-refractivity contribution in [2.45, 2.75) is 13.0 Å². The van der Waals surface area contributed by atoms with Gasteiger partial charge in [0.15, 0.2) is 0 Å². The summed E-state index contributed by atoms with van der Waals surface area (Å²) < 4.78 is 6.93. The second-order valence-corrected chi connectivity index (χ2v) is 4.61. The van der Waals surface area contributed by atoms with Gasteiger partial charge in [-0.3, -0.25) is 14.4 Å². The number of aryl methyl sites for hydroxylation is 1. The lowest BCUT2D eigenvalue weighted by Crippen LogP contribution is -2.47. The SMILES string of the molecule is C[C@@H](CNC(=O)c1cnn(C)c1)N1CCOCC1. The fourth-order valence-corrected chi connectivity index (χ4v) is 2.03. The minimum atomic E-state index is -0.0665. The molecule has 6 nitrogen and oxygen atoms in total. The van der Waals surface area contributed by atoms with Crippen molar-refractivity contribution in [3.63, 3.8) is 0 Å². The average Bonchev–Trinajstić information content (AvgIpc) is 2.83. The molecule has 6 heteroatoms.